The molecule has 5 heteroatoms. The average molecular weight is 268 g/mol. The van der Waals surface area contributed by atoms with Crippen molar-refractivity contribution in [2.75, 3.05) is 0 Å². The molecule has 5 nitrogen and oxygen atoms in total. The van der Waals surface area contributed by atoms with E-state index in [1.165, 1.54) is 0 Å². The fourth-order valence-corrected chi connectivity index (χ4v) is 2.46. The summed E-state index contributed by atoms with van der Waals surface area (Å²) in [5, 5.41) is 0. The fourth-order valence-electron chi connectivity index (χ4n) is 2.46. The maximum Gasteiger partial charge on any atom is 0.518 e. The zero-order valence-electron chi connectivity index (χ0n) is 11.0. The minimum atomic E-state index is -0.944. The molecule has 1 fully saturated rings. The summed E-state index contributed by atoms with van der Waals surface area (Å²) < 4.78 is 14.7. The molecule has 0 amide bonds. The van der Waals surface area contributed by atoms with Crippen LogP contribution in [0.2, 0.25) is 0 Å². The van der Waals surface area contributed by atoms with Gasteiger partial charge in [-0.2, -0.15) is 0 Å². The predicted octanol–water partition coefficient (Wildman–Crippen LogP) is 3.72. The quantitative estimate of drug-likeness (QED) is 0.380. The Hall–Kier alpha value is -1.52. The second-order valence-electron chi connectivity index (χ2n) is 4.95. The van der Waals surface area contributed by atoms with E-state index in [9.17, 15) is 9.59 Å². The van der Waals surface area contributed by atoms with Crippen LogP contribution in [0.3, 0.4) is 0 Å². The molecule has 2 rings (SSSR count). The highest BCUT2D eigenvalue weighted by Gasteiger charge is 2.34. The Balaban J connectivity index is 2.01. The second-order valence-corrected chi connectivity index (χ2v) is 4.95. The van der Waals surface area contributed by atoms with Crippen LogP contribution >= 0.6 is 0 Å². The predicted molar refractivity (Wildman–Crippen MR) is 67.7 cm³/mol. The molecule has 1 saturated heterocycles. The van der Waals surface area contributed by atoms with Crippen LogP contribution in [-0.2, 0) is 14.2 Å². The first kappa shape index (κ1) is 13.9. The van der Waals surface area contributed by atoms with Crippen LogP contribution in [0.4, 0.5) is 9.59 Å². The van der Waals surface area contributed by atoms with Crippen molar-refractivity contribution in [1.29, 1.82) is 0 Å². The number of cyclic esters (lactones) is 2. The molecule has 1 aliphatic heterocycles. The first-order valence-electron chi connectivity index (χ1n) is 7.00. The van der Waals surface area contributed by atoms with Crippen molar-refractivity contribution < 1.29 is 23.8 Å². The van der Waals surface area contributed by atoms with Crippen LogP contribution < -0.4 is 0 Å². The van der Waals surface area contributed by atoms with Crippen LogP contribution in [0, 0.1) is 0 Å². The van der Waals surface area contributed by atoms with Gasteiger partial charge in [0.25, 0.3) is 0 Å². The molecule has 0 spiro atoms. The van der Waals surface area contributed by atoms with Gasteiger partial charge in [-0.05, 0) is 44.9 Å². The maximum atomic E-state index is 11.3. The minimum Gasteiger partial charge on any atom is -0.427 e. The maximum absolute atomic E-state index is 11.3. The summed E-state index contributed by atoms with van der Waals surface area (Å²) in [5.41, 5.74) is 0. The van der Waals surface area contributed by atoms with Gasteiger partial charge >= 0.3 is 12.3 Å². The summed E-state index contributed by atoms with van der Waals surface area (Å²) in [4.78, 5) is 22.5. The lowest BCUT2D eigenvalue weighted by Crippen LogP contribution is -2.31. The van der Waals surface area contributed by atoms with E-state index in [-0.39, 0.29) is 12.2 Å². The average Bonchev–Trinajstić information content (AvgIpc) is 2.48. The number of fused-ring (bicyclic) bond motifs is 1. The SMILES string of the molecule is O=C1OC(=O)OC2CCCCC/C=C\CCCC2O1. The van der Waals surface area contributed by atoms with E-state index in [1.807, 2.05) is 0 Å². The number of rotatable bonds is 0. The van der Waals surface area contributed by atoms with Gasteiger partial charge in [-0.3, -0.25) is 0 Å². The second kappa shape index (κ2) is 7.16. The molecule has 106 valence electrons. The van der Waals surface area contributed by atoms with Crippen LogP contribution in [0.15, 0.2) is 12.2 Å². The van der Waals surface area contributed by atoms with Crippen LogP contribution in [0.1, 0.15) is 51.4 Å². The lowest BCUT2D eigenvalue weighted by Gasteiger charge is -2.22. The summed E-state index contributed by atoms with van der Waals surface area (Å²) in [6.07, 6.45) is 9.29. The molecular formula is C14H20O5. The van der Waals surface area contributed by atoms with Gasteiger partial charge in [0.2, 0.25) is 0 Å². The Bertz CT molecular complexity index is 350. The molecule has 0 saturated carbocycles. The molecule has 2 unspecified atom stereocenters. The van der Waals surface area contributed by atoms with Crippen molar-refractivity contribution in [2.24, 2.45) is 0 Å². The highest BCUT2D eigenvalue weighted by atomic mass is 16.8. The molecule has 2 aliphatic rings. The topological polar surface area (TPSA) is 61.8 Å². The van der Waals surface area contributed by atoms with Crippen molar-refractivity contribution in [2.45, 2.75) is 63.6 Å². The van der Waals surface area contributed by atoms with Crippen LogP contribution in [0.25, 0.3) is 0 Å². The van der Waals surface area contributed by atoms with Gasteiger partial charge in [0.1, 0.15) is 12.2 Å². The normalized spacial score (nSPS) is 31.4. The van der Waals surface area contributed by atoms with Crippen molar-refractivity contribution >= 4 is 12.3 Å². The van der Waals surface area contributed by atoms with Crippen molar-refractivity contribution in [1.82, 2.24) is 0 Å². The van der Waals surface area contributed by atoms with Crippen molar-refractivity contribution in [3.8, 4) is 0 Å². The Kier molecular flexibility index (Phi) is 5.24. The Morgan fingerprint density at radius 3 is 2.05 bits per heavy atom. The molecule has 1 aliphatic carbocycles. The summed E-state index contributed by atoms with van der Waals surface area (Å²) >= 11 is 0. The third-order valence-electron chi connectivity index (χ3n) is 3.46. The summed E-state index contributed by atoms with van der Waals surface area (Å²) in [6.45, 7) is 0. The van der Waals surface area contributed by atoms with Gasteiger partial charge in [-0.1, -0.05) is 18.6 Å². The first-order valence-corrected chi connectivity index (χ1v) is 7.00. The van der Waals surface area contributed by atoms with Crippen LogP contribution in [-0.4, -0.2) is 24.5 Å². The van der Waals surface area contributed by atoms with Gasteiger partial charge in [0, 0.05) is 0 Å². The molecule has 2 atom stereocenters. The van der Waals surface area contributed by atoms with Crippen LogP contribution in [0.5, 0.6) is 0 Å². The van der Waals surface area contributed by atoms with E-state index in [4.69, 9.17) is 9.47 Å². The molecule has 19 heavy (non-hydrogen) atoms. The summed E-state index contributed by atoms with van der Waals surface area (Å²) in [7, 11) is 0. The van der Waals surface area contributed by atoms with Crippen molar-refractivity contribution in [3.05, 3.63) is 12.2 Å². The van der Waals surface area contributed by atoms with Crippen molar-refractivity contribution in [3.63, 3.8) is 0 Å². The zero-order chi connectivity index (χ0) is 13.5. The smallest absolute Gasteiger partial charge is 0.427 e. The van der Waals surface area contributed by atoms with E-state index >= 15 is 0 Å². The third-order valence-corrected chi connectivity index (χ3v) is 3.46. The number of ether oxygens (including phenoxy) is 3. The van der Waals surface area contributed by atoms with E-state index in [2.05, 4.69) is 16.9 Å². The first-order chi connectivity index (χ1) is 9.25. The number of carbonyl (C=O) groups excluding carboxylic acids is 2. The lowest BCUT2D eigenvalue weighted by atomic mass is 9.99. The molecule has 1 heterocycles. The number of hydrogen-bond donors (Lipinski definition) is 0. The highest BCUT2D eigenvalue weighted by Crippen LogP contribution is 2.23. The summed E-state index contributed by atoms with van der Waals surface area (Å²) in [6, 6.07) is 0. The lowest BCUT2D eigenvalue weighted by molar-refractivity contribution is 0.00330. The minimum absolute atomic E-state index is 0.373. The summed E-state index contributed by atoms with van der Waals surface area (Å²) in [5.74, 6) is 0. The van der Waals surface area contributed by atoms with Gasteiger partial charge < -0.3 is 14.2 Å². The molecule has 0 aromatic heterocycles. The molecule has 0 aromatic carbocycles. The van der Waals surface area contributed by atoms with Gasteiger partial charge in [0.05, 0.1) is 0 Å². The van der Waals surface area contributed by atoms with Gasteiger partial charge in [-0.15, -0.1) is 0 Å². The zero-order valence-corrected chi connectivity index (χ0v) is 11.0. The monoisotopic (exact) mass is 268 g/mol. The van der Waals surface area contributed by atoms with E-state index in [0.29, 0.717) is 6.42 Å². The number of allylic oxidation sites excluding steroid dienone is 2. The Labute approximate surface area is 112 Å². The molecule has 0 bridgehead atoms. The number of hydrogen-bond acceptors (Lipinski definition) is 5. The Morgan fingerprint density at radius 1 is 0.789 bits per heavy atom. The third kappa shape index (κ3) is 4.58. The van der Waals surface area contributed by atoms with Gasteiger partial charge in [0.15, 0.2) is 0 Å². The standard InChI is InChI=1S/C14H20O5/c15-13-17-11-9-7-5-3-1-2-4-6-8-10-12(11)18-14(16)19-13/h1,3,11-12H,2,4-10H2/b3-1-. The molecule has 0 aromatic rings. The number of carbonyl (C=O) groups is 2. The Morgan fingerprint density at radius 2 is 1.37 bits per heavy atom. The fraction of sp³-hybridized carbons (Fsp3) is 0.714. The molecule has 0 radical (unpaired) electrons. The largest absolute Gasteiger partial charge is 0.518 e. The van der Waals surface area contributed by atoms with E-state index in [1.54, 1.807) is 0 Å². The van der Waals surface area contributed by atoms with E-state index in [0.717, 1.165) is 44.9 Å². The molecule has 0 N–H and O–H groups in total. The van der Waals surface area contributed by atoms with Gasteiger partial charge in [-0.25, -0.2) is 9.59 Å². The highest BCUT2D eigenvalue weighted by molar-refractivity contribution is 5.77. The molecular weight excluding hydrogens is 248 g/mol. The van der Waals surface area contributed by atoms with E-state index < -0.39 is 12.3 Å².